The van der Waals surface area contributed by atoms with Gasteiger partial charge in [-0.1, -0.05) is 30.3 Å². The summed E-state index contributed by atoms with van der Waals surface area (Å²) < 4.78 is 0. The third-order valence-electron chi connectivity index (χ3n) is 4.63. The fourth-order valence-corrected chi connectivity index (χ4v) is 2.99. The molecule has 0 aromatic heterocycles. The summed E-state index contributed by atoms with van der Waals surface area (Å²) in [5.74, 6) is 0.0926. The normalized spacial score (nSPS) is 14.3. The number of hydrogen-bond donors (Lipinski definition) is 0. The predicted molar refractivity (Wildman–Crippen MR) is 95.9 cm³/mol. The van der Waals surface area contributed by atoms with Crippen molar-refractivity contribution in [1.82, 2.24) is 14.7 Å². The van der Waals surface area contributed by atoms with Gasteiger partial charge in [0.25, 0.3) is 0 Å². The van der Waals surface area contributed by atoms with Crippen LogP contribution in [0.1, 0.15) is 25.8 Å². The van der Waals surface area contributed by atoms with Crippen molar-refractivity contribution < 1.29 is 14.4 Å². The van der Waals surface area contributed by atoms with Crippen LogP contribution in [0.15, 0.2) is 30.3 Å². The number of piperazine rings is 1. The van der Waals surface area contributed by atoms with Crippen LogP contribution in [0.4, 0.5) is 0 Å². The van der Waals surface area contributed by atoms with Crippen LogP contribution in [-0.4, -0.2) is 71.7 Å². The van der Waals surface area contributed by atoms with Gasteiger partial charge in [-0.25, -0.2) is 0 Å². The van der Waals surface area contributed by atoms with Gasteiger partial charge in [0.15, 0.2) is 0 Å². The molecule has 0 radical (unpaired) electrons. The Morgan fingerprint density at radius 2 is 1.52 bits per heavy atom. The topological polar surface area (TPSA) is 60.9 Å². The van der Waals surface area contributed by atoms with E-state index in [0.717, 1.165) is 6.42 Å². The van der Waals surface area contributed by atoms with E-state index in [9.17, 15) is 14.4 Å². The largest absolute Gasteiger partial charge is 0.342 e. The molecule has 0 aliphatic carbocycles. The van der Waals surface area contributed by atoms with E-state index in [-0.39, 0.29) is 17.7 Å². The molecule has 1 aromatic carbocycles. The van der Waals surface area contributed by atoms with Gasteiger partial charge in [0, 0.05) is 59.5 Å². The average molecular weight is 345 g/mol. The summed E-state index contributed by atoms with van der Waals surface area (Å²) in [5, 5.41) is 0. The van der Waals surface area contributed by atoms with Gasteiger partial charge in [0.05, 0.1) is 0 Å². The Balaban J connectivity index is 1.77. The molecule has 6 heteroatoms. The van der Waals surface area contributed by atoms with Crippen LogP contribution in [-0.2, 0) is 20.8 Å². The quantitative estimate of drug-likeness (QED) is 0.777. The number of carbonyl (C=O) groups is 3. The lowest BCUT2D eigenvalue weighted by atomic mass is 10.1. The van der Waals surface area contributed by atoms with Gasteiger partial charge in [-0.2, -0.15) is 0 Å². The maximum Gasteiger partial charge on any atom is 0.224 e. The molecule has 2 rings (SSSR count). The van der Waals surface area contributed by atoms with Gasteiger partial charge in [-0.05, 0) is 12.0 Å². The Morgan fingerprint density at radius 1 is 0.920 bits per heavy atom. The van der Waals surface area contributed by atoms with Gasteiger partial charge in [0.2, 0.25) is 17.7 Å². The summed E-state index contributed by atoms with van der Waals surface area (Å²) in [6.07, 6.45) is 1.11. The minimum atomic E-state index is -0.00914. The molecule has 0 unspecified atom stereocenters. The fraction of sp³-hybridized carbons (Fsp3) is 0.526. The summed E-state index contributed by atoms with van der Waals surface area (Å²) in [6, 6.07) is 10.0. The van der Waals surface area contributed by atoms with Gasteiger partial charge in [0.1, 0.15) is 0 Å². The van der Waals surface area contributed by atoms with E-state index >= 15 is 0 Å². The van der Waals surface area contributed by atoms with E-state index in [0.29, 0.717) is 45.7 Å². The molecule has 3 amide bonds. The minimum absolute atomic E-state index is 0.00914. The summed E-state index contributed by atoms with van der Waals surface area (Å²) >= 11 is 0. The zero-order valence-electron chi connectivity index (χ0n) is 15.1. The molecule has 1 aliphatic heterocycles. The third-order valence-corrected chi connectivity index (χ3v) is 4.63. The van der Waals surface area contributed by atoms with E-state index < -0.39 is 0 Å². The molecule has 0 spiro atoms. The summed E-state index contributed by atoms with van der Waals surface area (Å²) in [6.45, 7) is 6.47. The van der Waals surface area contributed by atoms with Crippen LogP contribution in [0.2, 0.25) is 0 Å². The number of nitrogens with zero attached hydrogens (tertiary/aromatic N) is 3. The summed E-state index contributed by atoms with van der Waals surface area (Å²) in [5.41, 5.74) is 1.18. The van der Waals surface area contributed by atoms with Crippen LogP contribution in [0, 0.1) is 0 Å². The lowest BCUT2D eigenvalue weighted by Crippen LogP contribution is -2.50. The fourth-order valence-electron chi connectivity index (χ4n) is 2.99. The molecule has 6 nitrogen and oxygen atoms in total. The van der Waals surface area contributed by atoms with Gasteiger partial charge in [-0.3, -0.25) is 14.4 Å². The zero-order valence-corrected chi connectivity index (χ0v) is 15.1. The first-order valence-corrected chi connectivity index (χ1v) is 8.80. The van der Waals surface area contributed by atoms with Crippen molar-refractivity contribution in [2.45, 2.75) is 26.7 Å². The Labute approximate surface area is 149 Å². The zero-order chi connectivity index (χ0) is 18.2. The van der Waals surface area contributed by atoms with E-state index in [2.05, 4.69) is 0 Å². The molecular formula is C19H27N3O3. The highest BCUT2D eigenvalue weighted by molar-refractivity contribution is 5.79. The molecule has 0 N–H and O–H groups in total. The van der Waals surface area contributed by atoms with E-state index in [4.69, 9.17) is 0 Å². The number of benzene rings is 1. The Kier molecular flexibility index (Phi) is 6.98. The van der Waals surface area contributed by atoms with Crippen molar-refractivity contribution in [3.05, 3.63) is 35.9 Å². The molecule has 1 heterocycles. The highest BCUT2D eigenvalue weighted by Gasteiger charge is 2.22. The van der Waals surface area contributed by atoms with Crippen LogP contribution < -0.4 is 0 Å². The van der Waals surface area contributed by atoms with Crippen molar-refractivity contribution in [3.63, 3.8) is 0 Å². The van der Waals surface area contributed by atoms with Crippen molar-refractivity contribution in [3.8, 4) is 0 Å². The molecule has 1 aliphatic rings. The number of amides is 3. The number of rotatable bonds is 6. The number of carbonyl (C=O) groups excluding carboxylic acids is 3. The van der Waals surface area contributed by atoms with Gasteiger partial charge < -0.3 is 14.7 Å². The molecule has 0 bridgehead atoms. The summed E-state index contributed by atoms with van der Waals surface area (Å²) in [7, 11) is 0. The lowest BCUT2D eigenvalue weighted by Gasteiger charge is -2.34. The maximum absolute atomic E-state index is 12.4. The van der Waals surface area contributed by atoms with Gasteiger partial charge >= 0.3 is 0 Å². The highest BCUT2D eigenvalue weighted by atomic mass is 16.2. The molecule has 0 atom stereocenters. The van der Waals surface area contributed by atoms with E-state index in [1.807, 2.05) is 30.3 Å². The second kappa shape index (κ2) is 9.20. The molecule has 25 heavy (non-hydrogen) atoms. The van der Waals surface area contributed by atoms with Crippen LogP contribution in [0.25, 0.3) is 0 Å². The van der Waals surface area contributed by atoms with Crippen LogP contribution >= 0.6 is 0 Å². The molecular weight excluding hydrogens is 318 g/mol. The molecule has 1 fully saturated rings. The molecule has 1 aromatic rings. The van der Waals surface area contributed by atoms with Crippen molar-refractivity contribution in [2.24, 2.45) is 0 Å². The number of hydrogen-bond acceptors (Lipinski definition) is 3. The smallest absolute Gasteiger partial charge is 0.224 e. The Hall–Kier alpha value is -2.37. The minimum Gasteiger partial charge on any atom is -0.342 e. The lowest BCUT2D eigenvalue weighted by molar-refractivity contribution is -0.139. The second-order valence-corrected chi connectivity index (χ2v) is 6.38. The van der Waals surface area contributed by atoms with Crippen molar-refractivity contribution in [1.29, 1.82) is 0 Å². The van der Waals surface area contributed by atoms with E-state index in [1.165, 1.54) is 5.56 Å². The second-order valence-electron chi connectivity index (χ2n) is 6.38. The van der Waals surface area contributed by atoms with Crippen molar-refractivity contribution >= 4 is 17.7 Å². The standard InChI is InChI=1S/C19H27N3O3/c1-16(23)20(10-8-18-6-4-3-5-7-18)11-9-19(25)22-14-12-21(13-15-22)17(2)24/h3-7H,8-15H2,1-2H3. The Bertz CT molecular complexity index is 595. The SMILES string of the molecule is CC(=O)N(CCC(=O)N1CCN(C(C)=O)CC1)CCc1ccccc1. The Morgan fingerprint density at radius 3 is 2.08 bits per heavy atom. The van der Waals surface area contributed by atoms with Crippen LogP contribution in [0.5, 0.6) is 0 Å². The first kappa shape index (κ1) is 19.0. The molecule has 136 valence electrons. The van der Waals surface area contributed by atoms with E-state index in [1.54, 1.807) is 28.5 Å². The van der Waals surface area contributed by atoms with Gasteiger partial charge in [-0.15, -0.1) is 0 Å². The first-order valence-electron chi connectivity index (χ1n) is 8.80. The molecule has 1 saturated heterocycles. The van der Waals surface area contributed by atoms with Crippen molar-refractivity contribution in [2.75, 3.05) is 39.3 Å². The monoisotopic (exact) mass is 345 g/mol. The predicted octanol–water partition coefficient (Wildman–Crippen LogP) is 1.16. The summed E-state index contributed by atoms with van der Waals surface area (Å²) in [4.78, 5) is 40.8. The first-order chi connectivity index (χ1) is 12.0. The average Bonchev–Trinajstić information content (AvgIpc) is 2.62. The maximum atomic E-state index is 12.4. The van der Waals surface area contributed by atoms with Crippen LogP contribution in [0.3, 0.4) is 0 Å². The molecule has 0 saturated carbocycles. The third kappa shape index (κ3) is 5.89. The highest BCUT2D eigenvalue weighted by Crippen LogP contribution is 2.07.